The maximum Gasteiger partial charge on any atom is 0.419 e. The van der Waals surface area contributed by atoms with E-state index in [0.717, 1.165) is 6.07 Å². The van der Waals surface area contributed by atoms with Gasteiger partial charge in [-0.2, -0.15) is 13.2 Å². The second kappa shape index (κ2) is 7.99. The molecule has 7 heteroatoms. The number of carbonyl (C=O) groups is 1. The lowest BCUT2D eigenvalue weighted by Gasteiger charge is -2.17. The molecule has 3 nitrogen and oxygen atoms in total. The highest BCUT2D eigenvalue weighted by atomic mass is 35.5. The van der Waals surface area contributed by atoms with Crippen molar-refractivity contribution in [3.8, 4) is 5.75 Å². The van der Waals surface area contributed by atoms with E-state index in [1.165, 1.54) is 24.3 Å². The zero-order valence-electron chi connectivity index (χ0n) is 14.5. The topological polar surface area (TPSA) is 35.5 Å². The standard InChI is InChI=1S/C19H18ClF3O3/c1-11(2)26-18(24)13-5-4-6-16(20)14(13)10-25-17-8-7-12(3)9-15(17)19(21,22)23/h4-9,11H,10H2,1-3H3. The molecule has 2 rings (SSSR count). The van der Waals surface area contributed by atoms with Crippen LogP contribution in [0.15, 0.2) is 36.4 Å². The van der Waals surface area contributed by atoms with E-state index in [2.05, 4.69) is 0 Å². The van der Waals surface area contributed by atoms with Crippen LogP contribution >= 0.6 is 11.6 Å². The first-order valence-electron chi connectivity index (χ1n) is 7.88. The lowest BCUT2D eigenvalue weighted by atomic mass is 10.1. The number of aryl methyl sites for hydroxylation is 1. The summed E-state index contributed by atoms with van der Waals surface area (Å²) in [6.07, 6.45) is -4.90. The van der Waals surface area contributed by atoms with Crippen LogP contribution in [0.4, 0.5) is 13.2 Å². The van der Waals surface area contributed by atoms with Crippen LogP contribution in [0.5, 0.6) is 5.75 Å². The number of ether oxygens (including phenoxy) is 2. The molecule has 0 fully saturated rings. The van der Waals surface area contributed by atoms with Gasteiger partial charge >= 0.3 is 12.1 Å². The third kappa shape index (κ3) is 4.91. The number of hydrogen-bond acceptors (Lipinski definition) is 3. The van der Waals surface area contributed by atoms with E-state index in [1.807, 2.05) is 0 Å². The van der Waals surface area contributed by atoms with Crippen molar-refractivity contribution in [3.63, 3.8) is 0 Å². The Hall–Kier alpha value is -2.21. The van der Waals surface area contributed by atoms with Crippen LogP contribution in [0.3, 0.4) is 0 Å². The summed E-state index contributed by atoms with van der Waals surface area (Å²) in [6.45, 7) is 4.66. The third-order valence-corrected chi connectivity index (χ3v) is 3.85. The normalized spacial score (nSPS) is 11.5. The number of rotatable bonds is 5. The van der Waals surface area contributed by atoms with Gasteiger partial charge in [-0.1, -0.05) is 29.3 Å². The Balaban J connectivity index is 2.32. The molecule has 2 aromatic rings. The van der Waals surface area contributed by atoms with Crippen molar-refractivity contribution in [1.82, 2.24) is 0 Å². The van der Waals surface area contributed by atoms with E-state index < -0.39 is 17.7 Å². The summed E-state index contributed by atoms with van der Waals surface area (Å²) in [5.74, 6) is -0.938. The number of carbonyl (C=O) groups excluding carboxylic acids is 1. The molecule has 0 aromatic heterocycles. The van der Waals surface area contributed by atoms with Gasteiger partial charge < -0.3 is 9.47 Å². The van der Waals surface area contributed by atoms with Gasteiger partial charge in [-0.15, -0.1) is 0 Å². The van der Waals surface area contributed by atoms with Crippen molar-refractivity contribution in [2.24, 2.45) is 0 Å². The SMILES string of the molecule is Cc1ccc(OCc2c(Cl)cccc2C(=O)OC(C)C)c(C(F)(F)F)c1. The van der Waals surface area contributed by atoms with Crippen LogP contribution in [0, 0.1) is 6.92 Å². The summed E-state index contributed by atoms with van der Waals surface area (Å²) in [7, 11) is 0. The third-order valence-electron chi connectivity index (χ3n) is 3.49. The molecule has 140 valence electrons. The number of esters is 1. The number of hydrogen-bond donors (Lipinski definition) is 0. The zero-order valence-corrected chi connectivity index (χ0v) is 15.2. The first-order chi connectivity index (χ1) is 12.1. The van der Waals surface area contributed by atoms with Crippen molar-refractivity contribution in [2.45, 2.75) is 39.7 Å². The van der Waals surface area contributed by atoms with Crippen molar-refractivity contribution >= 4 is 17.6 Å². The lowest BCUT2D eigenvalue weighted by molar-refractivity contribution is -0.139. The second-order valence-electron chi connectivity index (χ2n) is 6.01. The second-order valence-corrected chi connectivity index (χ2v) is 6.41. The van der Waals surface area contributed by atoms with Crippen LogP contribution in [0.2, 0.25) is 5.02 Å². The molecule has 0 saturated carbocycles. The van der Waals surface area contributed by atoms with Gasteiger partial charge in [0.25, 0.3) is 0 Å². The van der Waals surface area contributed by atoms with Gasteiger partial charge in [0.1, 0.15) is 12.4 Å². The zero-order chi connectivity index (χ0) is 19.5. The highest BCUT2D eigenvalue weighted by Gasteiger charge is 2.34. The minimum atomic E-state index is -4.55. The van der Waals surface area contributed by atoms with Gasteiger partial charge in [0, 0.05) is 10.6 Å². The van der Waals surface area contributed by atoms with E-state index in [9.17, 15) is 18.0 Å². The van der Waals surface area contributed by atoms with Gasteiger partial charge in [0.2, 0.25) is 0 Å². The molecule has 0 amide bonds. The maximum absolute atomic E-state index is 13.2. The molecule has 0 atom stereocenters. The van der Waals surface area contributed by atoms with Crippen LogP contribution in [0.25, 0.3) is 0 Å². The number of benzene rings is 2. The largest absolute Gasteiger partial charge is 0.488 e. The molecule has 0 aliphatic rings. The number of halogens is 4. The van der Waals surface area contributed by atoms with E-state index in [0.29, 0.717) is 5.56 Å². The Morgan fingerprint density at radius 1 is 1.19 bits per heavy atom. The minimum absolute atomic E-state index is 0.159. The van der Waals surface area contributed by atoms with Crippen LogP contribution in [-0.2, 0) is 17.5 Å². The van der Waals surface area contributed by atoms with Crippen LogP contribution in [0.1, 0.15) is 40.9 Å². The van der Waals surface area contributed by atoms with Crippen molar-refractivity contribution < 1.29 is 27.4 Å². The first kappa shape index (κ1) is 20.1. The van der Waals surface area contributed by atoms with Crippen LogP contribution in [-0.4, -0.2) is 12.1 Å². The fourth-order valence-corrected chi connectivity index (χ4v) is 2.54. The summed E-state index contributed by atoms with van der Waals surface area (Å²) in [5.41, 5.74) is 0.0138. The van der Waals surface area contributed by atoms with Gasteiger partial charge in [0.15, 0.2) is 0 Å². The molecule has 0 heterocycles. The molecule has 2 aromatic carbocycles. The van der Waals surface area contributed by atoms with E-state index in [4.69, 9.17) is 21.1 Å². The highest BCUT2D eigenvalue weighted by Crippen LogP contribution is 2.37. The fourth-order valence-electron chi connectivity index (χ4n) is 2.32. The van der Waals surface area contributed by atoms with Gasteiger partial charge in [-0.25, -0.2) is 4.79 Å². The van der Waals surface area contributed by atoms with Crippen molar-refractivity contribution in [3.05, 3.63) is 63.7 Å². The Morgan fingerprint density at radius 2 is 1.88 bits per heavy atom. The van der Waals surface area contributed by atoms with Crippen LogP contribution < -0.4 is 4.74 Å². The molecule has 26 heavy (non-hydrogen) atoms. The Labute approximate surface area is 154 Å². The average molecular weight is 387 g/mol. The Kier molecular flexibility index (Phi) is 6.18. The van der Waals surface area contributed by atoms with Gasteiger partial charge in [-0.3, -0.25) is 0 Å². The maximum atomic E-state index is 13.2. The molecular weight excluding hydrogens is 369 g/mol. The summed E-state index contributed by atoms with van der Waals surface area (Å²) in [5, 5.41) is 0.212. The molecular formula is C19H18ClF3O3. The van der Waals surface area contributed by atoms with Gasteiger partial charge in [-0.05, 0) is 45.0 Å². The summed E-state index contributed by atoms with van der Waals surface area (Å²) in [4.78, 5) is 12.2. The average Bonchev–Trinajstić information content (AvgIpc) is 2.52. The number of alkyl halides is 3. The Morgan fingerprint density at radius 3 is 2.50 bits per heavy atom. The highest BCUT2D eigenvalue weighted by molar-refractivity contribution is 6.31. The van der Waals surface area contributed by atoms with Crippen molar-refractivity contribution in [2.75, 3.05) is 0 Å². The monoisotopic (exact) mass is 386 g/mol. The molecule has 0 bridgehead atoms. The fraction of sp³-hybridized carbons (Fsp3) is 0.316. The molecule has 0 unspecified atom stereocenters. The summed E-state index contributed by atoms with van der Waals surface area (Å²) >= 11 is 6.12. The Bertz CT molecular complexity index is 801. The van der Waals surface area contributed by atoms with E-state index >= 15 is 0 Å². The first-order valence-corrected chi connectivity index (χ1v) is 8.26. The molecule has 0 aliphatic carbocycles. The quantitative estimate of drug-likeness (QED) is 0.608. The van der Waals surface area contributed by atoms with Gasteiger partial charge in [0.05, 0.1) is 17.2 Å². The predicted octanol–water partition coefficient (Wildman–Crippen LogP) is 5.81. The molecule has 0 saturated heterocycles. The van der Waals surface area contributed by atoms with E-state index in [1.54, 1.807) is 26.8 Å². The summed E-state index contributed by atoms with van der Waals surface area (Å²) < 4.78 is 50.1. The molecule has 0 aliphatic heterocycles. The molecule has 0 N–H and O–H groups in total. The summed E-state index contributed by atoms with van der Waals surface area (Å²) in [6, 6.07) is 8.37. The lowest BCUT2D eigenvalue weighted by Crippen LogP contribution is -2.15. The smallest absolute Gasteiger partial charge is 0.419 e. The van der Waals surface area contributed by atoms with E-state index in [-0.39, 0.29) is 34.6 Å². The minimum Gasteiger partial charge on any atom is -0.488 e. The molecule has 0 spiro atoms. The molecule has 0 radical (unpaired) electrons. The van der Waals surface area contributed by atoms with Crippen molar-refractivity contribution in [1.29, 1.82) is 0 Å². The predicted molar refractivity (Wildman–Crippen MR) is 92.5 cm³/mol.